The lowest BCUT2D eigenvalue weighted by Gasteiger charge is -2.27. The maximum atomic E-state index is 13.1. The Kier molecular flexibility index (Phi) is 5.45. The van der Waals surface area contributed by atoms with Gasteiger partial charge in [-0.2, -0.15) is 0 Å². The molecule has 0 radical (unpaired) electrons. The second-order valence-corrected chi connectivity index (χ2v) is 7.70. The zero-order valence-electron chi connectivity index (χ0n) is 16.2. The zero-order chi connectivity index (χ0) is 18.8. The van der Waals surface area contributed by atoms with Crippen LogP contribution in [0.5, 0.6) is 0 Å². The third kappa shape index (κ3) is 3.60. The van der Waals surface area contributed by atoms with Crippen LogP contribution in [0.4, 0.5) is 0 Å². The maximum Gasteiger partial charge on any atom is 0.254 e. The molecule has 2 amide bonds. The van der Waals surface area contributed by atoms with Crippen LogP contribution in [-0.4, -0.2) is 78.5 Å². The van der Waals surface area contributed by atoms with E-state index in [2.05, 4.69) is 11.8 Å². The van der Waals surface area contributed by atoms with E-state index >= 15 is 0 Å². The van der Waals surface area contributed by atoms with Crippen LogP contribution >= 0.6 is 0 Å². The minimum absolute atomic E-state index is 0.0306. The van der Waals surface area contributed by atoms with Crippen molar-refractivity contribution in [1.82, 2.24) is 14.7 Å². The van der Waals surface area contributed by atoms with E-state index < -0.39 is 0 Å². The molecule has 146 valence electrons. The molecule has 2 saturated heterocycles. The summed E-state index contributed by atoms with van der Waals surface area (Å²) in [5, 5.41) is 0. The van der Waals surface area contributed by atoms with Gasteiger partial charge in [0.2, 0.25) is 0 Å². The van der Waals surface area contributed by atoms with E-state index in [4.69, 9.17) is 4.74 Å². The highest BCUT2D eigenvalue weighted by Crippen LogP contribution is 2.29. The van der Waals surface area contributed by atoms with Crippen molar-refractivity contribution in [1.29, 1.82) is 0 Å². The summed E-state index contributed by atoms with van der Waals surface area (Å²) < 4.78 is 5.47. The summed E-state index contributed by atoms with van der Waals surface area (Å²) in [4.78, 5) is 32.3. The molecule has 0 aromatic heterocycles. The van der Waals surface area contributed by atoms with E-state index in [0.29, 0.717) is 50.0 Å². The predicted molar refractivity (Wildman–Crippen MR) is 103 cm³/mol. The Labute approximate surface area is 161 Å². The molecule has 3 aliphatic rings. The number of carbonyl (C=O) groups excluding carboxylic acids is 2. The summed E-state index contributed by atoms with van der Waals surface area (Å²) in [6, 6.07) is 6.02. The molecule has 6 nitrogen and oxygen atoms in total. The molecule has 3 aliphatic heterocycles. The fourth-order valence-electron chi connectivity index (χ4n) is 4.63. The minimum Gasteiger partial charge on any atom is -0.380 e. The van der Waals surface area contributed by atoms with Crippen LogP contribution in [0.3, 0.4) is 0 Å². The smallest absolute Gasteiger partial charge is 0.254 e. The van der Waals surface area contributed by atoms with Gasteiger partial charge in [-0.05, 0) is 50.0 Å². The summed E-state index contributed by atoms with van der Waals surface area (Å²) in [6.07, 6.45) is 3.21. The average Bonchev–Trinajstić information content (AvgIpc) is 3.14. The SMILES string of the molecule is CCN1CCC[C@H]1CN1Cc2c(C(=O)N3CCCOCC3)cccc2C1=O. The lowest BCUT2D eigenvalue weighted by Crippen LogP contribution is -2.40. The van der Waals surface area contributed by atoms with Crippen LogP contribution in [-0.2, 0) is 11.3 Å². The second kappa shape index (κ2) is 7.98. The number of hydrogen-bond acceptors (Lipinski definition) is 4. The summed E-state index contributed by atoms with van der Waals surface area (Å²) in [7, 11) is 0. The molecule has 0 spiro atoms. The highest BCUT2D eigenvalue weighted by atomic mass is 16.5. The monoisotopic (exact) mass is 371 g/mol. The zero-order valence-corrected chi connectivity index (χ0v) is 16.2. The molecule has 27 heavy (non-hydrogen) atoms. The van der Waals surface area contributed by atoms with Gasteiger partial charge >= 0.3 is 0 Å². The van der Waals surface area contributed by atoms with Gasteiger partial charge in [-0.3, -0.25) is 14.5 Å². The van der Waals surface area contributed by atoms with Crippen LogP contribution < -0.4 is 0 Å². The molecular formula is C21H29N3O3. The molecule has 6 heteroatoms. The molecule has 3 heterocycles. The van der Waals surface area contributed by atoms with Gasteiger partial charge in [-0.25, -0.2) is 0 Å². The fraction of sp³-hybridized carbons (Fsp3) is 0.619. The van der Waals surface area contributed by atoms with Gasteiger partial charge < -0.3 is 14.5 Å². The van der Waals surface area contributed by atoms with Crippen molar-refractivity contribution in [2.45, 2.75) is 38.8 Å². The molecule has 0 unspecified atom stereocenters. The molecular weight excluding hydrogens is 342 g/mol. The normalized spacial score (nSPS) is 23.6. The third-order valence-corrected chi connectivity index (χ3v) is 6.12. The number of fused-ring (bicyclic) bond motifs is 1. The van der Waals surface area contributed by atoms with Crippen molar-refractivity contribution < 1.29 is 14.3 Å². The van der Waals surface area contributed by atoms with Crippen LogP contribution in [0.2, 0.25) is 0 Å². The summed E-state index contributed by atoms with van der Waals surface area (Å²) in [5.41, 5.74) is 2.29. The molecule has 0 aliphatic carbocycles. The standard InChI is InChI=1S/C21H29N3O3/c1-2-22-9-4-6-16(22)14-24-15-19-17(7-3-8-18(19)21(24)26)20(25)23-10-5-12-27-13-11-23/h3,7-8,16H,2,4-6,9-15H2,1H3/t16-/m0/s1. The number of ether oxygens (including phenoxy) is 1. The summed E-state index contributed by atoms with van der Waals surface area (Å²) >= 11 is 0. The number of nitrogens with zero attached hydrogens (tertiary/aromatic N) is 3. The van der Waals surface area contributed by atoms with Gasteiger partial charge in [0.05, 0.1) is 6.61 Å². The van der Waals surface area contributed by atoms with Crippen LogP contribution in [0, 0.1) is 0 Å². The number of carbonyl (C=O) groups is 2. The Balaban J connectivity index is 1.53. The number of amides is 2. The average molecular weight is 371 g/mol. The van der Waals surface area contributed by atoms with Gasteiger partial charge in [0.1, 0.15) is 0 Å². The maximum absolute atomic E-state index is 13.1. The van der Waals surface area contributed by atoms with E-state index in [9.17, 15) is 9.59 Å². The Morgan fingerprint density at radius 1 is 1.19 bits per heavy atom. The quantitative estimate of drug-likeness (QED) is 0.812. The number of likely N-dealkylation sites (tertiary alicyclic amines) is 1. The van der Waals surface area contributed by atoms with Gasteiger partial charge in [0.25, 0.3) is 11.8 Å². The van der Waals surface area contributed by atoms with E-state index in [0.717, 1.165) is 38.0 Å². The van der Waals surface area contributed by atoms with Gasteiger partial charge in [0.15, 0.2) is 0 Å². The van der Waals surface area contributed by atoms with Crippen LogP contribution in [0.15, 0.2) is 18.2 Å². The van der Waals surface area contributed by atoms with Crippen molar-refractivity contribution in [3.05, 3.63) is 34.9 Å². The van der Waals surface area contributed by atoms with Gasteiger partial charge in [-0.15, -0.1) is 0 Å². The highest BCUT2D eigenvalue weighted by Gasteiger charge is 2.35. The highest BCUT2D eigenvalue weighted by molar-refractivity contribution is 6.04. The third-order valence-electron chi connectivity index (χ3n) is 6.12. The Hall–Kier alpha value is -1.92. The van der Waals surface area contributed by atoms with Crippen molar-refractivity contribution >= 4 is 11.8 Å². The lowest BCUT2D eigenvalue weighted by molar-refractivity contribution is 0.0719. The molecule has 0 saturated carbocycles. The van der Waals surface area contributed by atoms with Crippen molar-refractivity contribution in [3.8, 4) is 0 Å². The summed E-state index contributed by atoms with van der Waals surface area (Å²) in [5.74, 6) is 0.102. The number of likely N-dealkylation sites (N-methyl/N-ethyl adjacent to an activating group) is 1. The Bertz CT molecular complexity index is 713. The van der Waals surface area contributed by atoms with Gasteiger partial charge in [-0.1, -0.05) is 13.0 Å². The van der Waals surface area contributed by atoms with E-state index in [1.165, 1.54) is 6.42 Å². The van der Waals surface area contributed by atoms with Gasteiger partial charge in [0, 0.05) is 50.0 Å². The van der Waals surface area contributed by atoms with Crippen molar-refractivity contribution in [2.24, 2.45) is 0 Å². The van der Waals surface area contributed by atoms with Crippen LogP contribution in [0.25, 0.3) is 0 Å². The van der Waals surface area contributed by atoms with Crippen LogP contribution in [0.1, 0.15) is 52.5 Å². The molecule has 4 rings (SSSR count). The topological polar surface area (TPSA) is 53.1 Å². The first-order chi connectivity index (χ1) is 13.2. The molecule has 2 fully saturated rings. The lowest BCUT2D eigenvalue weighted by atomic mass is 10.0. The first-order valence-electron chi connectivity index (χ1n) is 10.2. The summed E-state index contributed by atoms with van der Waals surface area (Å²) in [6.45, 7) is 8.26. The first kappa shape index (κ1) is 18.4. The second-order valence-electron chi connectivity index (χ2n) is 7.70. The van der Waals surface area contributed by atoms with Crippen molar-refractivity contribution in [2.75, 3.05) is 45.9 Å². The van der Waals surface area contributed by atoms with Crippen molar-refractivity contribution in [3.63, 3.8) is 0 Å². The largest absolute Gasteiger partial charge is 0.380 e. The molecule has 1 aromatic carbocycles. The van der Waals surface area contributed by atoms with E-state index in [1.807, 2.05) is 28.0 Å². The Morgan fingerprint density at radius 3 is 2.93 bits per heavy atom. The minimum atomic E-state index is 0.0306. The molecule has 1 atom stereocenters. The number of hydrogen-bond donors (Lipinski definition) is 0. The fourth-order valence-corrected chi connectivity index (χ4v) is 4.63. The van der Waals surface area contributed by atoms with E-state index in [1.54, 1.807) is 0 Å². The molecule has 1 aromatic rings. The number of benzene rings is 1. The van der Waals surface area contributed by atoms with E-state index in [-0.39, 0.29) is 11.8 Å². The predicted octanol–water partition coefficient (Wildman–Crippen LogP) is 1.99. The number of rotatable bonds is 4. The Morgan fingerprint density at radius 2 is 2.07 bits per heavy atom. The molecule has 0 bridgehead atoms. The first-order valence-corrected chi connectivity index (χ1v) is 10.2. The molecule has 0 N–H and O–H groups in total.